The second-order valence-electron chi connectivity index (χ2n) is 6.90. The zero-order valence-electron chi connectivity index (χ0n) is 16.8. The van der Waals surface area contributed by atoms with Crippen molar-refractivity contribution in [1.82, 2.24) is 14.4 Å². The van der Waals surface area contributed by atoms with E-state index in [4.69, 9.17) is 4.52 Å². The van der Waals surface area contributed by atoms with Crippen LogP contribution in [-0.2, 0) is 16.4 Å². The number of anilines is 1. The largest absolute Gasteiger partial charge is 0.355 e. The molecule has 1 aliphatic rings. The van der Waals surface area contributed by atoms with Crippen LogP contribution in [0.15, 0.2) is 58.2 Å². The highest BCUT2D eigenvalue weighted by Crippen LogP contribution is 2.32. The summed E-state index contributed by atoms with van der Waals surface area (Å²) >= 11 is 0. The number of carbonyl (C=O) groups excluding carboxylic acids is 1. The Kier molecular flexibility index (Phi) is 5.40. The number of pyridine rings is 1. The van der Waals surface area contributed by atoms with E-state index < -0.39 is 10.0 Å². The van der Waals surface area contributed by atoms with Gasteiger partial charge in [0, 0.05) is 49.3 Å². The van der Waals surface area contributed by atoms with Gasteiger partial charge in [0.05, 0.1) is 4.90 Å². The summed E-state index contributed by atoms with van der Waals surface area (Å²) in [6.45, 7) is 4.90. The SMILES string of the molecule is CCN(CC)S(=O)(=O)c1ccc2c(c1)CCN2C(=O)c1cc(-c2cccnc2)on1. The molecule has 3 aromatic rings. The molecule has 0 atom stereocenters. The quantitative estimate of drug-likeness (QED) is 0.601. The summed E-state index contributed by atoms with van der Waals surface area (Å²) in [5, 5.41) is 3.92. The van der Waals surface area contributed by atoms with Gasteiger partial charge in [-0.05, 0) is 42.3 Å². The number of sulfonamides is 1. The van der Waals surface area contributed by atoms with Crippen molar-refractivity contribution < 1.29 is 17.7 Å². The standard InChI is InChI=1S/C21H22N4O4S/c1-3-24(4-2)30(27,28)17-7-8-19-15(12-17)9-11-25(19)21(26)18-13-20(29-23-18)16-6-5-10-22-14-16/h5-8,10,12-14H,3-4,9,11H2,1-2H3. The lowest BCUT2D eigenvalue weighted by atomic mass is 10.2. The third kappa shape index (κ3) is 3.50. The number of amides is 1. The molecule has 8 nitrogen and oxygen atoms in total. The minimum atomic E-state index is -3.54. The Morgan fingerprint density at radius 1 is 1.20 bits per heavy atom. The number of carbonyl (C=O) groups is 1. The Morgan fingerprint density at radius 2 is 2.00 bits per heavy atom. The highest BCUT2D eigenvalue weighted by molar-refractivity contribution is 7.89. The first-order valence-electron chi connectivity index (χ1n) is 9.77. The first kappa shape index (κ1) is 20.2. The lowest BCUT2D eigenvalue weighted by Gasteiger charge is -2.20. The number of nitrogens with zero attached hydrogens (tertiary/aromatic N) is 4. The molecule has 0 spiro atoms. The fourth-order valence-electron chi connectivity index (χ4n) is 3.62. The molecule has 2 aromatic heterocycles. The van der Waals surface area contributed by atoms with Crippen molar-refractivity contribution in [3.05, 3.63) is 60.0 Å². The number of rotatable bonds is 6. The van der Waals surface area contributed by atoms with Crippen molar-refractivity contribution in [3.8, 4) is 11.3 Å². The molecule has 0 fully saturated rings. The molecule has 0 bridgehead atoms. The zero-order valence-corrected chi connectivity index (χ0v) is 17.6. The van der Waals surface area contributed by atoms with Crippen LogP contribution in [0.3, 0.4) is 0 Å². The molecule has 1 amide bonds. The van der Waals surface area contributed by atoms with Crippen LogP contribution in [0.25, 0.3) is 11.3 Å². The summed E-state index contributed by atoms with van der Waals surface area (Å²) in [6, 6.07) is 10.1. The van der Waals surface area contributed by atoms with Gasteiger partial charge in [-0.1, -0.05) is 19.0 Å². The Hall–Kier alpha value is -3.04. The molecule has 0 aliphatic carbocycles. The van der Waals surface area contributed by atoms with Gasteiger partial charge in [-0.3, -0.25) is 9.78 Å². The molecule has 30 heavy (non-hydrogen) atoms. The number of hydrogen-bond donors (Lipinski definition) is 0. The monoisotopic (exact) mass is 426 g/mol. The normalized spacial score (nSPS) is 13.6. The third-order valence-corrected chi connectivity index (χ3v) is 7.26. The van der Waals surface area contributed by atoms with Gasteiger partial charge in [0.1, 0.15) is 0 Å². The summed E-state index contributed by atoms with van der Waals surface area (Å²) in [5.41, 5.74) is 2.45. The maximum Gasteiger partial charge on any atom is 0.280 e. The van der Waals surface area contributed by atoms with Gasteiger partial charge in [0.15, 0.2) is 11.5 Å². The van der Waals surface area contributed by atoms with Crippen LogP contribution in [0.4, 0.5) is 5.69 Å². The number of benzene rings is 1. The second kappa shape index (κ2) is 8.00. The highest BCUT2D eigenvalue weighted by Gasteiger charge is 2.30. The van der Waals surface area contributed by atoms with Crippen LogP contribution >= 0.6 is 0 Å². The Bertz CT molecular complexity index is 1170. The molecule has 0 saturated heterocycles. The molecule has 1 aliphatic heterocycles. The van der Waals surface area contributed by atoms with Crippen molar-refractivity contribution in [2.75, 3.05) is 24.5 Å². The van der Waals surface area contributed by atoms with E-state index in [9.17, 15) is 13.2 Å². The minimum absolute atomic E-state index is 0.196. The smallest absolute Gasteiger partial charge is 0.280 e. The van der Waals surface area contributed by atoms with Gasteiger partial charge < -0.3 is 9.42 Å². The van der Waals surface area contributed by atoms with Crippen molar-refractivity contribution in [1.29, 1.82) is 0 Å². The van der Waals surface area contributed by atoms with Crippen molar-refractivity contribution >= 4 is 21.6 Å². The lowest BCUT2D eigenvalue weighted by molar-refractivity contribution is 0.0980. The van der Waals surface area contributed by atoms with Crippen LogP contribution in [-0.4, -0.2) is 48.4 Å². The van der Waals surface area contributed by atoms with E-state index in [2.05, 4.69) is 10.1 Å². The molecule has 0 N–H and O–H groups in total. The number of hydrogen-bond acceptors (Lipinski definition) is 6. The second-order valence-corrected chi connectivity index (χ2v) is 8.84. The van der Waals surface area contributed by atoms with E-state index in [0.717, 1.165) is 11.1 Å². The Morgan fingerprint density at radius 3 is 2.70 bits per heavy atom. The van der Waals surface area contributed by atoms with E-state index >= 15 is 0 Å². The predicted octanol–water partition coefficient (Wildman–Crippen LogP) is 2.97. The van der Waals surface area contributed by atoms with Crippen LogP contribution in [0, 0.1) is 0 Å². The average Bonchev–Trinajstić information content (AvgIpc) is 3.42. The highest BCUT2D eigenvalue weighted by atomic mass is 32.2. The van der Waals surface area contributed by atoms with Crippen LogP contribution in [0.5, 0.6) is 0 Å². The molecule has 0 radical (unpaired) electrons. The van der Waals surface area contributed by atoms with Crippen molar-refractivity contribution in [2.24, 2.45) is 0 Å². The van der Waals surface area contributed by atoms with E-state index in [0.29, 0.717) is 37.5 Å². The van der Waals surface area contributed by atoms with Crippen molar-refractivity contribution in [2.45, 2.75) is 25.2 Å². The minimum Gasteiger partial charge on any atom is -0.355 e. The summed E-state index contributed by atoms with van der Waals surface area (Å²) in [5.74, 6) is 0.179. The molecule has 4 rings (SSSR count). The molecule has 0 unspecified atom stereocenters. The number of fused-ring (bicyclic) bond motifs is 1. The summed E-state index contributed by atoms with van der Waals surface area (Å²) in [6.07, 6.45) is 3.87. The molecular formula is C21H22N4O4S. The zero-order chi connectivity index (χ0) is 21.3. The summed E-state index contributed by atoms with van der Waals surface area (Å²) in [7, 11) is -3.54. The van der Waals surface area contributed by atoms with E-state index in [1.807, 2.05) is 19.9 Å². The first-order valence-corrected chi connectivity index (χ1v) is 11.2. The summed E-state index contributed by atoms with van der Waals surface area (Å²) in [4.78, 5) is 18.9. The maximum absolute atomic E-state index is 13.0. The maximum atomic E-state index is 13.0. The fourth-order valence-corrected chi connectivity index (χ4v) is 5.13. The molecular weight excluding hydrogens is 404 g/mol. The number of aromatic nitrogens is 2. The van der Waals surface area contributed by atoms with Crippen LogP contribution in [0.2, 0.25) is 0 Å². The topological polar surface area (TPSA) is 96.6 Å². The molecule has 9 heteroatoms. The lowest BCUT2D eigenvalue weighted by Crippen LogP contribution is -2.31. The van der Waals surface area contributed by atoms with Gasteiger partial charge in [0.25, 0.3) is 5.91 Å². The van der Waals surface area contributed by atoms with Crippen molar-refractivity contribution in [3.63, 3.8) is 0 Å². The van der Waals surface area contributed by atoms with Gasteiger partial charge in [-0.15, -0.1) is 0 Å². The first-order chi connectivity index (χ1) is 14.5. The third-order valence-electron chi connectivity index (χ3n) is 5.21. The van der Waals surface area contributed by atoms with Crippen LogP contribution < -0.4 is 4.90 Å². The molecule has 156 valence electrons. The van der Waals surface area contributed by atoms with E-state index in [-0.39, 0.29) is 16.5 Å². The predicted molar refractivity (Wildman–Crippen MR) is 112 cm³/mol. The molecule has 3 heterocycles. The fraction of sp³-hybridized carbons (Fsp3) is 0.286. The van der Waals surface area contributed by atoms with Gasteiger partial charge in [0.2, 0.25) is 10.0 Å². The van der Waals surface area contributed by atoms with E-state index in [1.165, 1.54) is 4.31 Å². The summed E-state index contributed by atoms with van der Waals surface area (Å²) < 4.78 is 32.3. The molecule has 1 aromatic carbocycles. The average molecular weight is 426 g/mol. The van der Waals surface area contributed by atoms with Crippen LogP contribution in [0.1, 0.15) is 29.9 Å². The van der Waals surface area contributed by atoms with E-state index in [1.54, 1.807) is 47.6 Å². The van der Waals surface area contributed by atoms with Gasteiger partial charge >= 0.3 is 0 Å². The Balaban J connectivity index is 1.60. The Labute approximate surface area is 175 Å². The van der Waals surface area contributed by atoms with Gasteiger partial charge in [-0.2, -0.15) is 4.31 Å². The van der Waals surface area contributed by atoms with Gasteiger partial charge in [-0.25, -0.2) is 8.42 Å². The molecule has 0 saturated carbocycles.